The number of hydrogen-bond donors (Lipinski definition) is 2. The van der Waals surface area contributed by atoms with Crippen molar-refractivity contribution in [3.63, 3.8) is 0 Å². The zero-order valence-corrected chi connectivity index (χ0v) is 15.7. The van der Waals surface area contributed by atoms with Crippen LogP contribution in [-0.2, 0) is 4.79 Å². The van der Waals surface area contributed by atoms with Crippen LogP contribution < -0.4 is 15.0 Å². The van der Waals surface area contributed by atoms with Gasteiger partial charge in [0.2, 0.25) is 0 Å². The van der Waals surface area contributed by atoms with E-state index in [0.29, 0.717) is 30.1 Å². The van der Waals surface area contributed by atoms with E-state index in [9.17, 15) is 4.79 Å². The van der Waals surface area contributed by atoms with Gasteiger partial charge < -0.3 is 19.4 Å². The Kier molecular flexibility index (Phi) is 5.62. The molecule has 1 heterocycles. The number of rotatable bonds is 8. The lowest BCUT2D eigenvalue weighted by molar-refractivity contribution is -0.902. The largest absolute Gasteiger partial charge is 0.495 e. The fourth-order valence-electron chi connectivity index (χ4n) is 3.25. The van der Waals surface area contributed by atoms with Gasteiger partial charge in [0, 0.05) is 16.8 Å². The molecule has 2 N–H and O–H groups in total. The van der Waals surface area contributed by atoms with Crippen molar-refractivity contribution < 1.29 is 18.8 Å². The van der Waals surface area contributed by atoms with Crippen molar-refractivity contribution in [2.24, 2.45) is 0 Å². The second-order valence-electron chi connectivity index (χ2n) is 6.50. The number of nitrogens with one attached hydrogen (secondary N) is 2. The molecule has 1 aromatic heterocycles. The Bertz CT molecular complexity index is 980. The summed E-state index contributed by atoms with van der Waals surface area (Å²) >= 11 is 0. The van der Waals surface area contributed by atoms with Crippen molar-refractivity contribution in [2.75, 3.05) is 25.5 Å². The number of carbonyl (C=O) groups excluding carboxylic acids is 1. The van der Waals surface area contributed by atoms with E-state index >= 15 is 0 Å². The minimum Gasteiger partial charge on any atom is -0.495 e. The summed E-state index contributed by atoms with van der Waals surface area (Å²) in [7, 11) is 1.59. The molecule has 27 heavy (non-hydrogen) atoms. The van der Waals surface area contributed by atoms with E-state index < -0.39 is 0 Å². The molecule has 2 aromatic carbocycles. The quantitative estimate of drug-likeness (QED) is 0.603. The van der Waals surface area contributed by atoms with Crippen molar-refractivity contribution in [1.82, 2.24) is 0 Å². The van der Waals surface area contributed by atoms with Gasteiger partial charge in [0.05, 0.1) is 25.9 Å². The molecule has 0 radical (unpaired) electrons. The molecule has 5 nitrogen and oxygen atoms in total. The molecule has 1 amide bonds. The molecule has 140 valence electrons. The summed E-state index contributed by atoms with van der Waals surface area (Å²) < 4.78 is 11.4. The SMILES string of the molecule is C=CC[NH+](CC=C)[C@@H](C)C(=O)Nc1cc2oc3ccccc3c2cc1OC. The summed E-state index contributed by atoms with van der Waals surface area (Å²) in [4.78, 5) is 13.9. The molecule has 0 spiro atoms. The number of fused-ring (bicyclic) bond motifs is 3. The minimum atomic E-state index is -0.267. The third kappa shape index (κ3) is 3.73. The van der Waals surface area contributed by atoms with Crippen LogP contribution in [0, 0.1) is 0 Å². The molecule has 0 saturated heterocycles. The van der Waals surface area contributed by atoms with Crippen LogP contribution in [0.5, 0.6) is 5.75 Å². The Morgan fingerprint density at radius 3 is 2.56 bits per heavy atom. The highest BCUT2D eigenvalue weighted by Gasteiger charge is 2.24. The second kappa shape index (κ2) is 8.10. The average molecular weight is 365 g/mol. The summed E-state index contributed by atoms with van der Waals surface area (Å²) in [5, 5.41) is 4.96. The van der Waals surface area contributed by atoms with Gasteiger partial charge in [0.1, 0.15) is 16.9 Å². The highest BCUT2D eigenvalue weighted by molar-refractivity contribution is 6.08. The van der Waals surface area contributed by atoms with Gasteiger partial charge in [-0.25, -0.2) is 0 Å². The molecule has 0 aliphatic carbocycles. The van der Waals surface area contributed by atoms with Crippen LogP contribution in [0.2, 0.25) is 0 Å². The van der Waals surface area contributed by atoms with Gasteiger partial charge in [0.25, 0.3) is 5.91 Å². The Balaban J connectivity index is 1.93. The van der Waals surface area contributed by atoms with Gasteiger partial charge in [0.15, 0.2) is 6.04 Å². The first-order valence-electron chi connectivity index (χ1n) is 8.95. The van der Waals surface area contributed by atoms with Crippen LogP contribution in [0.25, 0.3) is 21.9 Å². The first-order chi connectivity index (χ1) is 13.1. The van der Waals surface area contributed by atoms with E-state index in [2.05, 4.69) is 18.5 Å². The van der Waals surface area contributed by atoms with Gasteiger partial charge in [-0.15, -0.1) is 0 Å². The number of para-hydroxylation sites is 1. The first-order valence-corrected chi connectivity index (χ1v) is 8.95. The average Bonchev–Trinajstić information content (AvgIpc) is 3.03. The topological polar surface area (TPSA) is 55.9 Å². The predicted molar refractivity (Wildman–Crippen MR) is 109 cm³/mol. The Labute approximate surface area is 158 Å². The molecule has 0 saturated carbocycles. The number of carbonyl (C=O) groups is 1. The number of amides is 1. The highest BCUT2D eigenvalue weighted by atomic mass is 16.5. The molecule has 5 heteroatoms. The number of benzene rings is 2. The maximum atomic E-state index is 12.8. The molecule has 0 aliphatic rings. The van der Waals surface area contributed by atoms with Crippen molar-refractivity contribution in [3.05, 3.63) is 61.7 Å². The minimum absolute atomic E-state index is 0.0949. The van der Waals surface area contributed by atoms with Crippen LogP contribution in [0.3, 0.4) is 0 Å². The van der Waals surface area contributed by atoms with Gasteiger partial charge in [-0.05, 0) is 31.2 Å². The molecule has 0 fully saturated rings. The first kappa shape index (κ1) is 18.7. The molecule has 3 rings (SSSR count). The third-order valence-electron chi connectivity index (χ3n) is 4.78. The van der Waals surface area contributed by atoms with Crippen molar-refractivity contribution in [1.29, 1.82) is 0 Å². The fraction of sp³-hybridized carbons (Fsp3) is 0.227. The lowest BCUT2D eigenvalue weighted by Gasteiger charge is -2.23. The van der Waals surface area contributed by atoms with Crippen LogP contribution >= 0.6 is 0 Å². The van der Waals surface area contributed by atoms with Gasteiger partial charge in [-0.1, -0.05) is 31.4 Å². The summed E-state index contributed by atoms with van der Waals surface area (Å²) in [6.45, 7) is 10.8. The van der Waals surface area contributed by atoms with Crippen LogP contribution in [0.4, 0.5) is 5.69 Å². The van der Waals surface area contributed by atoms with E-state index in [4.69, 9.17) is 9.15 Å². The number of methoxy groups -OCH3 is 1. The van der Waals surface area contributed by atoms with Crippen molar-refractivity contribution >= 4 is 33.5 Å². The van der Waals surface area contributed by atoms with E-state index in [-0.39, 0.29) is 11.9 Å². The molecular weight excluding hydrogens is 340 g/mol. The van der Waals surface area contributed by atoms with Crippen molar-refractivity contribution in [3.8, 4) is 5.75 Å². The second-order valence-corrected chi connectivity index (χ2v) is 6.50. The predicted octanol–water partition coefficient (Wildman–Crippen LogP) is 3.18. The summed E-state index contributed by atoms with van der Waals surface area (Å²) in [5.74, 6) is 0.506. The summed E-state index contributed by atoms with van der Waals surface area (Å²) in [6, 6.07) is 11.3. The summed E-state index contributed by atoms with van der Waals surface area (Å²) in [5.41, 5.74) is 2.11. The van der Waals surface area contributed by atoms with Gasteiger partial charge >= 0.3 is 0 Å². The van der Waals surface area contributed by atoms with Gasteiger partial charge in [-0.2, -0.15) is 0 Å². The van der Waals surface area contributed by atoms with E-state index in [0.717, 1.165) is 21.3 Å². The van der Waals surface area contributed by atoms with E-state index in [1.807, 2.05) is 55.5 Å². The zero-order chi connectivity index (χ0) is 19.4. The lowest BCUT2D eigenvalue weighted by atomic mass is 10.1. The highest BCUT2D eigenvalue weighted by Crippen LogP contribution is 2.36. The summed E-state index contributed by atoms with van der Waals surface area (Å²) in [6.07, 6.45) is 3.62. The Morgan fingerprint density at radius 1 is 1.19 bits per heavy atom. The standard InChI is InChI=1S/C22H24N2O3/c1-5-11-24(12-6-2)15(3)22(25)23-18-14-20-17(13-21(18)26-4)16-9-7-8-10-19(16)27-20/h5-10,13-15H,1-2,11-12H2,3-4H3,(H,23,25)/p+1/t15-/m0/s1. The smallest absolute Gasteiger partial charge is 0.282 e. The number of anilines is 1. The molecule has 1 atom stereocenters. The Hall–Kier alpha value is -3.05. The van der Waals surface area contributed by atoms with Crippen LogP contribution in [-0.4, -0.2) is 32.1 Å². The maximum Gasteiger partial charge on any atom is 0.282 e. The molecule has 0 unspecified atom stereocenters. The monoisotopic (exact) mass is 365 g/mol. The zero-order valence-electron chi connectivity index (χ0n) is 15.7. The molecule has 3 aromatic rings. The molecule has 0 bridgehead atoms. The normalized spacial score (nSPS) is 12.3. The Morgan fingerprint density at radius 2 is 1.89 bits per heavy atom. The van der Waals surface area contributed by atoms with Gasteiger partial charge in [-0.3, -0.25) is 4.79 Å². The van der Waals surface area contributed by atoms with E-state index in [1.165, 1.54) is 0 Å². The maximum absolute atomic E-state index is 12.8. The van der Waals surface area contributed by atoms with Crippen LogP contribution in [0.15, 0.2) is 66.1 Å². The molecule has 0 aliphatic heterocycles. The van der Waals surface area contributed by atoms with Crippen LogP contribution in [0.1, 0.15) is 6.92 Å². The number of ether oxygens (including phenoxy) is 1. The molecular formula is C22H25N2O3+. The number of furan rings is 1. The lowest BCUT2D eigenvalue weighted by Crippen LogP contribution is -3.16. The number of hydrogen-bond acceptors (Lipinski definition) is 3. The van der Waals surface area contributed by atoms with Crippen molar-refractivity contribution in [2.45, 2.75) is 13.0 Å². The van der Waals surface area contributed by atoms with E-state index in [1.54, 1.807) is 7.11 Å². The fourth-order valence-corrected chi connectivity index (χ4v) is 3.25. The third-order valence-corrected chi connectivity index (χ3v) is 4.78. The number of quaternary nitrogens is 1.